The van der Waals surface area contributed by atoms with Crippen LogP contribution in [-0.2, 0) is 10.0 Å². The predicted octanol–water partition coefficient (Wildman–Crippen LogP) is 1.71. The summed E-state index contributed by atoms with van der Waals surface area (Å²) in [7, 11) is -3.85. The molecule has 0 aliphatic carbocycles. The van der Waals surface area contributed by atoms with Gasteiger partial charge in [0.15, 0.2) is 0 Å². The van der Waals surface area contributed by atoms with Gasteiger partial charge >= 0.3 is 0 Å². The normalized spacial score (nSPS) is 11.4. The minimum atomic E-state index is -3.85. The minimum absolute atomic E-state index is 0.0500. The van der Waals surface area contributed by atoms with Crippen molar-refractivity contribution in [2.75, 3.05) is 10.5 Å². The van der Waals surface area contributed by atoms with E-state index in [4.69, 9.17) is 17.3 Å². The predicted molar refractivity (Wildman–Crippen MR) is 63.2 cm³/mol. The number of nitrogen functional groups attached to an aromatic ring is 1. The number of benzene rings is 1. The standard InChI is InChI=1S/C9H8ClN3O3S/c10-7-2-1-3-8(11)9(7)17(14,15)13-6-4-12-16-5-6/h1-5,13H,11H2. The van der Waals surface area contributed by atoms with Gasteiger partial charge in [0, 0.05) is 0 Å². The van der Waals surface area contributed by atoms with Gasteiger partial charge < -0.3 is 10.3 Å². The maximum absolute atomic E-state index is 12.0. The molecule has 0 saturated carbocycles. The SMILES string of the molecule is Nc1cccc(Cl)c1S(=O)(=O)Nc1cnoc1. The fraction of sp³-hybridized carbons (Fsp3) is 0. The van der Waals surface area contributed by atoms with Crippen molar-refractivity contribution in [3.8, 4) is 0 Å². The molecule has 3 N–H and O–H groups in total. The molecule has 90 valence electrons. The molecule has 0 bridgehead atoms. The van der Waals surface area contributed by atoms with Gasteiger partial charge in [-0.3, -0.25) is 4.72 Å². The Morgan fingerprint density at radius 2 is 2.18 bits per heavy atom. The van der Waals surface area contributed by atoms with Crippen molar-refractivity contribution in [1.29, 1.82) is 0 Å². The molecule has 0 atom stereocenters. The van der Waals surface area contributed by atoms with Gasteiger partial charge in [0.25, 0.3) is 10.0 Å². The van der Waals surface area contributed by atoms with E-state index in [-0.39, 0.29) is 21.3 Å². The molecular weight excluding hydrogens is 266 g/mol. The number of nitrogens with zero attached hydrogens (tertiary/aromatic N) is 1. The summed E-state index contributed by atoms with van der Waals surface area (Å²) in [5.74, 6) is 0. The van der Waals surface area contributed by atoms with Gasteiger partial charge in [0.2, 0.25) is 0 Å². The van der Waals surface area contributed by atoms with E-state index in [1.165, 1.54) is 18.3 Å². The third-order valence-corrected chi connectivity index (χ3v) is 3.88. The zero-order valence-corrected chi connectivity index (χ0v) is 9.99. The maximum atomic E-state index is 12.0. The Bertz CT molecular complexity index is 605. The van der Waals surface area contributed by atoms with E-state index in [1.807, 2.05) is 0 Å². The van der Waals surface area contributed by atoms with E-state index in [0.29, 0.717) is 0 Å². The van der Waals surface area contributed by atoms with Crippen LogP contribution in [0.3, 0.4) is 0 Å². The molecule has 0 unspecified atom stereocenters. The highest BCUT2D eigenvalue weighted by atomic mass is 35.5. The van der Waals surface area contributed by atoms with E-state index < -0.39 is 10.0 Å². The first-order valence-corrected chi connectivity index (χ1v) is 6.33. The summed E-state index contributed by atoms with van der Waals surface area (Å²) in [6.07, 6.45) is 2.38. The number of aromatic nitrogens is 1. The molecule has 0 fully saturated rings. The fourth-order valence-corrected chi connectivity index (χ4v) is 2.97. The molecule has 2 aromatic rings. The Balaban J connectivity index is 2.45. The number of hydrogen-bond donors (Lipinski definition) is 2. The van der Waals surface area contributed by atoms with Crippen molar-refractivity contribution >= 4 is 33.0 Å². The van der Waals surface area contributed by atoms with Gasteiger partial charge in [-0.1, -0.05) is 22.8 Å². The van der Waals surface area contributed by atoms with Crippen LogP contribution in [-0.4, -0.2) is 13.6 Å². The second-order valence-electron chi connectivity index (χ2n) is 3.18. The lowest BCUT2D eigenvalue weighted by Crippen LogP contribution is -2.14. The minimum Gasteiger partial charge on any atom is -0.398 e. The smallest absolute Gasteiger partial charge is 0.265 e. The van der Waals surface area contributed by atoms with E-state index in [9.17, 15) is 8.42 Å². The summed E-state index contributed by atoms with van der Waals surface area (Å²) < 4.78 is 30.8. The third kappa shape index (κ3) is 2.34. The average Bonchev–Trinajstić information content (AvgIpc) is 2.68. The van der Waals surface area contributed by atoms with Gasteiger partial charge in [0.1, 0.15) is 16.8 Å². The number of rotatable bonds is 3. The van der Waals surface area contributed by atoms with Gasteiger partial charge in [-0.2, -0.15) is 0 Å². The molecule has 0 aliphatic rings. The molecule has 8 heteroatoms. The Hall–Kier alpha value is -1.73. The summed E-state index contributed by atoms with van der Waals surface area (Å²) in [5.41, 5.74) is 5.86. The van der Waals surface area contributed by atoms with Crippen LogP contribution in [0.25, 0.3) is 0 Å². The molecular formula is C9H8ClN3O3S. The largest absolute Gasteiger partial charge is 0.398 e. The zero-order chi connectivity index (χ0) is 12.5. The maximum Gasteiger partial charge on any atom is 0.265 e. The number of hydrogen-bond acceptors (Lipinski definition) is 5. The Morgan fingerprint density at radius 3 is 2.76 bits per heavy atom. The molecule has 0 radical (unpaired) electrons. The Kier molecular flexibility index (Phi) is 2.95. The molecule has 17 heavy (non-hydrogen) atoms. The highest BCUT2D eigenvalue weighted by Crippen LogP contribution is 2.28. The van der Waals surface area contributed by atoms with Crippen molar-refractivity contribution in [2.45, 2.75) is 4.90 Å². The van der Waals surface area contributed by atoms with Gasteiger partial charge in [-0.15, -0.1) is 0 Å². The molecule has 0 saturated heterocycles. The van der Waals surface area contributed by atoms with Crippen LogP contribution in [0.2, 0.25) is 5.02 Å². The lowest BCUT2D eigenvalue weighted by atomic mass is 10.3. The summed E-state index contributed by atoms with van der Waals surface area (Å²) in [5, 5.41) is 3.43. The van der Waals surface area contributed by atoms with Crippen molar-refractivity contribution < 1.29 is 12.9 Å². The Labute approximate surface area is 102 Å². The summed E-state index contributed by atoms with van der Waals surface area (Å²) >= 11 is 5.82. The van der Waals surface area contributed by atoms with Crippen molar-refractivity contribution in [3.05, 3.63) is 35.7 Å². The number of sulfonamides is 1. The highest BCUT2D eigenvalue weighted by Gasteiger charge is 2.21. The lowest BCUT2D eigenvalue weighted by molar-refractivity contribution is 0.420. The zero-order valence-electron chi connectivity index (χ0n) is 8.42. The van der Waals surface area contributed by atoms with Crippen LogP contribution < -0.4 is 10.5 Å². The summed E-state index contributed by atoms with van der Waals surface area (Å²) in [4.78, 5) is -0.164. The van der Waals surface area contributed by atoms with Crippen molar-refractivity contribution in [2.24, 2.45) is 0 Å². The Morgan fingerprint density at radius 1 is 1.41 bits per heavy atom. The van der Waals surface area contributed by atoms with Crippen LogP contribution >= 0.6 is 11.6 Å². The van der Waals surface area contributed by atoms with Gasteiger partial charge in [0.05, 0.1) is 16.9 Å². The lowest BCUT2D eigenvalue weighted by Gasteiger charge is -2.09. The monoisotopic (exact) mass is 273 g/mol. The number of nitrogens with two attached hydrogens (primary N) is 1. The van der Waals surface area contributed by atoms with Crippen molar-refractivity contribution in [3.63, 3.8) is 0 Å². The van der Waals surface area contributed by atoms with Crippen molar-refractivity contribution in [1.82, 2.24) is 5.16 Å². The molecule has 1 heterocycles. The van der Waals surface area contributed by atoms with Gasteiger partial charge in [-0.25, -0.2) is 8.42 Å². The van der Waals surface area contributed by atoms with Crippen LogP contribution in [0.15, 0.2) is 40.1 Å². The number of halogens is 1. The molecule has 1 aromatic carbocycles. The molecule has 0 spiro atoms. The van der Waals surface area contributed by atoms with Crippen LogP contribution in [0, 0.1) is 0 Å². The molecule has 1 aromatic heterocycles. The average molecular weight is 274 g/mol. The molecule has 2 rings (SSSR count). The second kappa shape index (κ2) is 4.27. The quantitative estimate of drug-likeness (QED) is 0.830. The highest BCUT2D eigenvalue weighted by molar-refractivity contribution is 7.93. The first kappa shape index (κ1) is 11.7. The van der Waals surface area contributed by atoms with E-state index in [1.54, 1.807) is 6.07 Å². The summed E-state index contributed by atoms with van der Waals surface area (Å²) in [6, 6.07) is 4.46. The van der Waals surface area contributed by atoms with Crippen LogP contribution in [0.4, 0.5) is 11.4 Å². The second-order valence-corrected chi connectivity index (χ2v) is 5.20. The molecule has 6 nitrogen and oxygen atoms in total. The van der Waals surface area contributed by atoms with E-state index in [0.717, 1.165) is 6.26 Å². The topological polar surface area (TPSA) is 98.2 Å². The molecule has 0 amide bonds. The molecule has 0 aliphatic heterocycles. The third-order valence-electron chi connectivity index (χ3n) is 1.95. The van der Waals surface area contributed by atoms with Gasteiger partial charge in [-0.05, 0) is 12.1 Å². The van der Waals surface area contributed by atoms with E-state index >= 15 is 0 Å². The van der Waals surface area contributed by atoms with E-state index in [2.05, 4.69) is 14.4 Å². The first-order chi connectivity index (χ1) is 8.00. The number of anilines is 2. The number of nitrogens with one attached hydrogen (secondary N) is 1. The summed E-state index contributed by atoms with van der Waals surface area (Å²) in [6.45, 7) is 0. The first-order valence-electron chi connectivity index (χ1n) is 4.47. The van der Waals surface area contributed by atoms with Crippen LogP contribution in [0.5, 0.6) is 0 Å². The fourth-order valence-electron chi connectivity index (χ4n) is 1.27. The van der Waals surface area contributed by atoms with Crippen LogP contribution in [0.1, 0.15) is 0 Å².